The predicted octanol–water partition coefficient (Wildman–Crippen LogP) is 3.69. The van der Waals surface area contributed by atoms with E-state index >= 15 is 0 Å². The number of nitrogens with one attached hydrogen (secondary N) is 1. The van der Waals surface area contributed by atoms with Gasteiger partial charge in [0.2, 0.25) is 0 Å². The number of aryl methyl sites for hydroxylation is 1. The number of thiazole rings is 1. The first-order valence-electron chi connectivity index (χ1n) is 4.91. The average molecular weight is 287 g/mol. The summed E-state index contributed by atoms with van der Waals surface area (Å²) < 4.78 is 13.6. The van der Waals surface area contributed by atoms with Crippen molar-refractivity contribution in [3.05, 3.63) is 39.6 Å². The molecule has 0 spiro atoms. The van der Waals surface area contributed by atoms with Gasteiger partial charge in [-0.3, -0.25) is 0 Å². The summed E-state index contributed by atoms with van der Waals surface area (Å²) in [5.74, 6) is -1.64. The van der Waals surface area contributed by atoms with Gasteiger partial charge in [-0.1, -0.05) is 29.0 Å². The Bertz CT molecular complexity index is 615. The first kappa shape index (κ1) is 12.8. The molecular weight excluding hydrogens is 279 g/mol. The van der Waals surface area contributed by atoms with E-state index in [-0.39, 0.29) is 15.6 Å². The number of halogens is 2. The quantitative estimate of drug-likeness (QED) is 0.903. The van der Waals surface area contributed by atoms with Crippen molar-refractivity contribution in [1.29, 1.82) is 0 Å². The summed E-state index contributed by atoms with van der Waals surface area (Å²) in [6.07, 6.45) is 0. The highest BCUT2D eigenvalue weighted by Gasteiger charge is 2.15. The normalized spacial score (nSPS) is 10.4. The molecule has 0 aliphatic rings. The zero-order chi connectivity index (χ0) is 13.3. The molecule has 0 aliphatic carbocycles. The minimum absolute atomic E-state index is 0.00765. The standard InChI is InChI=1S/C11H8ClFN2O2S/c1-5-9(10(16)17)18-11(14-5)15-7-4-2-3-6(12)8(7)13/h2-4H,1H3,(H,14,15)(H,16,17). The number of aromatic nitrogens is 1. The van der Waals surface area contributed by atoms with Crippen molar-refractivity contribution in [3.8, 4) is 0 Å². The van der Waals surface area contributed by atoms with Gasteiger partial charge in [-0.25, -0.2) is 14.2 Å². The van der Waals surface area contributed by atoms with Gasteiger partial charge in [0.05, 0.1) is 16.4 Å². The van der Waals surface area contributed by atoms with Crippen LogP contribution < -0.4 is 5.32 Å². The summed E-state index contributed by atoms with van der Waals surface area (Å²) in [7, 11) is 0. The first-order valence-corrected chi connectivity index (χ1v) is 6.10. The van der Waals surface area contributed by atoms with E-state index in [9.17, 15) is 9.18 Å². The number of aromatic carboxylic acids is 1. The smallest absolute Gasteiger partial charge is 0.347 e. The molecule has 0 atom stereocenters. The largest absolute Gasteiger partial charge is 0.477 e. The van der Waals surface area contributed by atoms with Crippen LogP contribution in [0.2, 0.25) is 5.02 Å². The minimum atomic E-state index is -1.05. The lowest BCUT2D eigenvalue weighted by Gasteiger charge is -2.04. The van der Waals surface area contributed by atoms with Crippen LogP contribution in [0.25, 0.3) is 0 Å². The van der Waals surface area contributed by atoms with Crippen molar-refractivity contribution in [2.24, 2.45) is 0 Å². The summed E-state index contributed by atoms with van der Waals surface area (Å²) in [5, 5.41) is 11.9. The molecular formula is C11H8ClFN2O2S. The molecule has 1 heterocycles. The van der Waals surface area contributed by atoms with E-state index in [1.807, 2.05) is 0 Å². The van der Waals surface area contributed by atoms with Crippen molar-refractivity contribution >= 4 is 39.7 Å². The topological polar surface area (TPSA) is 62.2 Å². The molecule has 0 fully saturated rings. The molecule has 0 radical (unpaired) electrons. The summed E-state index contributed by atoms with van der Waals surface area (Å²) in [5.41, 5.74) is 0.547. The van der Waals surface area contributed by atoms with E-state index in [2.05, 4.69) is 10.3 Å². The van der Waals surface area contributed by atoms with Gasteiger partial charge in [0.1, 0.15) is 4.88 Å². The average Bonchev–Trinajstić information content (AvgIpc) is 2.66. The fourth-order valence-electron chi connectivity index (χ4n) is 1.36. The van der Waals surface area contributed by atoms with Gasteiger partial charge >= 0.3 is 5.97 Å². The Morgan fingerprint density at radius 1 is 1.56 bits per heavy atom. The Morgan fingerprint density at radius 3 is 2.89 bits per heavy atom. The van der Waals surface area contributed by atoms with E-state index in [0.717, 1.165) is 11.3 Å². The maximum atomic E-state index is 13.6. The van der Waals surface area contributed by atoms with E-state index in [1.54, 1.807) is 13.0 Å². The van der Waals surface area contributed by atoms with E-state index < -0.39 is 11.8 Å². The molecule has 0 unspecified atom stereocenters. The number of nitrogens with zero attached hydrogens (tertiary/aromatic N) is 1. The molecule has 2 aromatic rings. The van der Waals surface area contributed by atoms with Crippen LogP contribution >= 0.6 is 22.9 Å². The number of anilines is 2. The van der Waals surface area contributed by atoms with E-state index in [0.29, 0.717) is 10.8 Å². The third kappa shape index (κ3) is 2.44. The van der Waals surface area contributed by atoms with Gasteiger partial charge < -0.3 is 10.4 Å². The maximum Gasteiger partial charge on any atom is 0.347 e. The molecule has 1 aromatic heterocycles. The number of carboxylic acids is 1. The molecule has 0 saturated heterocycles. The Hall–Kier alpha value is -1.66. The predicted molar refractivity (Wildman–Crippen MR) is 68.5 cm³/mol. The third-order valence-corrected chi connectivity index (χ3v) is 3.54. The number of carbonyl (C=O) groups is 1. The van der Waals surface area contributed by atoms with Gasteiger partial charge in [-0.05, 0) is 19.1 Å². The zero-order valence-corrected chi connectivity index (χ0v) is 10.8. The maximum absolute atomic E-state index is 13.6. The van der Waals surface area contributed by atoms with Crippen molar-refractivity contribution in [3.63, 3.8) is 0 Å². The number of rotatable bonds is 3. The lowest BCUT2D eigenvalue weighted by Crippen LogP contribution is -1.94. The molecule has 0 amide bonds. The molecule has 2 N–H and O–H groups in total. The van der Waals surface area contributed by atoms with Gasteiger partial charge in [-0.2, -0.15) is 0 Å². The van der Waals surface area contributed by atoms with Crippen molar-refractivity contribution in [2.75, 3.05) is 5.32 Å². The Kier molecular flexibility index (Phi) is 3.49. The van der Waals surface area contributed by atoms with Crippen molar-refractivity contribution in [1.82, 2.24) is 4.98 Å². The SMILES string of the molecule is Cc1nc(Nc2cccc(Cl)c2F)sc1C(=O)O. The molecule has 4 nitrogen and oxygen atoms in total. The zero-order valence-electron chi connectivity index (χ0n) is 9.20. The lowest BCUT2D eigenvalue weighted by molar-refractivity contribution is 0.0701. The van der Waals surface area contributed by atoms with Crippen LogP contribution in [-0.4, -0.2) is 16.1 Å². The first-order chi connectivity index (χ1) is 8.49. The Morgan fingerprint density at radius 2 is 2.28 bits per heavy atom. The summed E-state index contributed by atoms with van der Waals surface area (Å²) in [6.45, 7) is 1.58. The highest BCUT2D eigenvalue weighted by molar-refractivity contribution is 7.17. The Labute approximate surface area is 111 Å². The van der Waals surface area contributed by atoms with Crippen LogP contribution in [0.5, 0.6) is 0 Å². The van der Waals surface area contributed by atoms with Crippen LogP contribution in [-0.2, 0) is 0 Å². The van der Waals surface area contributed by atoms with Crippen molar-refractivity contribution in [2.45, 2.75) is 6.92 Å². The van der Waals surface area contributed by atoms with Gasteiger partial charge in [0.25, 0.3) is 0 Å². The number of carboxylic acid groups (broad SMARTS) is 1. The molecule has 18 heavy (non-hydrogen) atoms. The molecule has 0 saturated carbocycles. The van der Waals surface area contributed by atoms with Gasteiger partial charge in [0.15, 0.2) is 10.9 Å². The number of benzene rings is 1. The van der Waals surface area contributed by atoms with Crippen LogP contribution in [0.1, 0.15) is 15.4 Å². The molecule has 7 heteroatoms. The molecule has 94 valence electrons. The summed E-state index contributed by atoms with van der Waals surface area (Å²) in [4.78, 5) is 15.0. The van der Waals surface area contributed by atoms with E-state index in [1.165, 1.54) is 12.1 Å². The molecule has 1 aromatic carbocycles. The van der Waals surface area contributed by atoms with Gasteiger partial charge in [0, 0.05) is 0 Å². The van der Waals surface area contributed by atoms with Crippen LogP contribution in [0.3, 0.4) is 0 Å². The monoisotopic (exact) mass is 286 g/mol. The minimum Gasteiger partial charge on any atom is -0.477 e. The highest BCUT2D eigenvalue weighted by atomic mass is 35.5. The molecule has 0 aliphatic heterocycles. The van der Waals surface area contributed by atoms with Crippen LogP contribution in [0.15, 0.2) is 18.2 Å². The second kappa shape index (κ2) is 4.91. The molecule has 2 rings (SSSR count). The number of hydrogen-bond acceptors (Lipinski definition) is 4. The summed E-state index contributed by atoms with van der Waals surface area (Å²) in [6, 6.07) is 4.52. The second-order valence-corrected chi connectivity index (χ2v) is 4.87. The van der Waals surface area contributed by atoms with Crippen LogP contribution in [0.4, 0.5) is 15.2 Å². The summed E-state index contributed by atoms with van der Waals surface area (Å²) >= 11 is 6.59. The van der Waals surface area contributed by atoms with Crippen molar-refractivity contribution < 1.29 is 14.3 Å². The fraction of sp³-hybridized carbons (Fsp3) is 0.0909. The lowest BCUT2D eigenvalue weighted by atomic mass is 10.3. The number of hydrogen-bond donors (Lipinski definition) is 2. The van der Waals surface area contributed by atoms with Crippen LogP contribution in [0, 0.1) is 12.7 Å². The highest BCUT2D eigenvalue weighted by Crippen LogP contribution is 2.29. The Balaban J connectivity index is 2.32. The second-order valence-electron chi connectivity index (χ2n) is 3.47. The molecule has 0 bridgehead atoms. The third-order valence-electron chi connectivity index (χ3n) is 2.18. The fourth-order valence-corrected chi connectivity index (χ4v) is 2.36. The van der Waals surface area contributed by atoms with E-state index in [4.69, 9.17) is 16.7 Å². The van der Waals surface area contributed by atoms with Gasteiger partial charge in [-0.15, -0.1) is 0 Å².